The topological polar surface area (TPSA) is 40.6 Å². The van der Waals surface area contributed by atoms with Gasteiger partial charge in [0.05, 0.1) is 11.8 Å². The summed E-state index contributed by atoms with van der Waals surface area (Å²) in [7, 11) is 1.63. The van der Waals surface area contributed by atoms with Crippen molar-refractivity contribution in [1.29, 1.82) is 0 Å². The molecule has 0 aromatic heterocycles. The van der Waals surface area contributed by atoms with Gasteiger partial charge in [-0.1, -0.05) is 13.8 Å². The molecule has 0 aromatic rings. The summed E-state index contributed by atoms with van der Waals surface area (Å²) in [5.74, 6) is -0.0784. The third kappa shape index (κ3) is 1.33. The van der Waals surface area contributed by atoms with E-state index in [1.54, 1.807) is 7.05 Å². The van der Waals surface area contributed by atoms with Gasteiger partial charge >= 0.3 is 0 Å². The number of carbonyl (C=O) groups excluding carboxylic acids is 2. The Balaban J connectivity index is 1.99. The summed E-state index contributed by atoms with van der Waals surface area (Å²) in [4.78, 5) is 28.0. The standard InChI is InChI=1S/C13H20N2O2/c1-13(2)5-4-6-15-7-8-9(10(13)15)12(17)14(3)11(8)16/h8-10H,4-7H2,1-3H3/t8-,9-,10-/m0/s1. The van der Waals surface area contributed by atoms with Gasteiger partial charge < -0.3 is 0 Å². The quantitative estimate of drug-likeness (QED) is 0.582. The van der Waals surface area contributed by atoms with Gasteiger partial charge in [-0.3, -0.25) is 19.4 Å². The first-order chi connectivity index (χ1) is 7.93. The number of nitrogens with zero attached hydrogens (tertiary/aromatic N) is 2. The molecule has 0 N–H and O–H groups in total. The molecule has 4 nitrogen and oxygen atoms in total. The van der Waals surface area contributed by atoms with E-state index in [0.717, 1.165) is 19.5 Å². The van der Waals surface area contributed by atoms with Gasteiger partial charge in [0.1, 0.15) is 0 Å². The van der Waals surface area contributed by atoms with E-state index in [0.29, 0.717) is 0 Å². The number of fused-ring (bicyclic) bond motifs is 3. The maximum Gasteiger partial charge on any atom is 0.234 e. The second kappa shape index (κ2) is 3.31. The van der Waals surface area contributed by atoms with Crippen molar-refractivity contribution < 1.29 is 9.59 Å². The monoisotopic (exact) mass is 236 g/mol. The van der Waals surface area contributed by atoms with E-state index in [1.165, 1.54) is 11.3 Å². The number of rotatable bonds is 0. The second-order valence-corrected chi connectivity index (χ2v) is 6.40. The SMILES string of the molecule is CN1C(=O)[C@H]2[C@H](CN3CCCC(C)(C)[C@H]23)C1=O. The summed E-state index contributed by atoms with van der Waals surface area (Å²) >= 11 is 0. The molecule has 17 heavy (non-hydrogen) atoms. The lowest BCUT2D eigenvalue weighted by Gasteiger charge is -2.44. The van der Waals surface area contributed by atoms with Crippen molar-refractivity contribution in [3.8, 4) is 0 Å². The van der Waals surface area contributed by atoms with Crippen molar-refractivity contribution in [1.82, 2.24) is 9.80 Å². The molecule has 2 amide bonds. The molecule has 0 aliphatic carbocycles. The maximum atomic E-state index is 12.2. The van der Waals surface area contributed by atoms with Crippen LogP contribution in [0, 0.1) is 17.3 Å². The molecule has 0 bridgehead atoms. The van der Waals surface area contributed by atoms with Gasteiger partial charge in [-0.2, -0.15) is 0 Å². The fraction of sp³-hybridized carbons (Fsp3) is 0.846. The van der Waals surface area contributed by atoms with E-state index in [-0.39, 0.29) is 35.1 Å². The first-order valence-corrected chi connectivity index (χ1v) is 6.49. The number of hydrogen-bond donors (Lipinski definition) is 0. The third-order valence-corrected chi connectivity index (χ3v) is 4.93. The highest BCUT2D eigenvalue weighted by molar-refractivity contribution is 6.05. The highest BCUT2D eigenvalue weighted by atomic mass is 16.2. The minimum absolute atomic E-state index is 0.0326. The van der Waals surface area contributed by atoms with Crippen LogP contribution in [0.25, 0.3) is 0 Å². The summed E-state index contributed by atoms with van der Waals surface area (Å²) in [6.45, 7) is 6.31. The maximum absolute atomic E-state index is 12.2. The Bertz CT molecular complexity index is 391. The molecule has 3 atom stereocenters. The highest BCUT2D eigenvalue weighted by Crippen LogP contribution is 2.48. The van der Waals surface area contributed by atoms with Crippen LogP contribution in [0.1, 0.15) is 26.7 Å². The number of amides is 2. The second-order valence-electron chi connectivity index (χ2n) is 6.40. The highest BCUT2D eigenvalue weighted by Gasteiger charge is 2.60. The number of hydrogen-bond acceptors (Lipinski definition) is 3. The molecule has 0 saturated carbocycles. The molecule has 4 heteroatoms. The zero-order valence-electron chi connectivity index (χ0n) is 10.8. The van der Waals surface area contributed by atoms with E-state index in [1.807, 2.05) is 0 Å². The van der Waals surface area contributed by atoms with E-state index >= 15 is 0 Å². The average molecular weight is 236 g/mol. The zero-order valence-corrected chi connectivity index (χ0v) is 10.8. The Morgan fingerprint density at radius 1 is 1.24 bits per heavy atom. The van der Waals surface area contributed by atoms with Crippen LogP contribution in [-0.2, 0) is 9.59 Å². The van der Waals surface area contributed by atoms with Crippen LogP contribution >= 0.6 is 0 Å². The fourth-order valence-corrected chi connectivity index (χ4v) is 4.14. The molecular weight excluding hydrogens is 216 g/mol. The van der Waals surface area contributed by atoms with E-state index in [4.69, 9.17) is 0 Å². The van der Waals surface area contributed by atoms with Crippen molar-refractivity contribution in [3.63, 3.8) is 0 Å². The molecule has 0 aromatic carbocycles. The van der Waals surface area contributed by atoms with Crippen molar-refractivity contribution in [2.24, 2.45) is 17.3 Å². The van der Waals surface area contributed by atoms with Crippen LogP contribution in [0.5, 0.6) is 0 Å². The van der Waals surface area contributed by atoms with Crippen LogP contribution in [0.3, 0.4) is 0 Å². The van der Waals surface area contributed by atoms with Crippen molar-refractivity contribution >= 4 is 11.8 Å². The minimum atomic E-state index is -0.0807. The van der Waals surface area contributed by atoms with Gasteiger partial charge in [0.15, 0.2) is 0 Å². The average Bonchev–Trinajstić information content (AvgIpc) is 2.73. The predicted molar refractivity (Wildman–Crippen MR) is 63.1 cm³/mol. The van der Waals surface area contributed by atoms with Crippen molar-refractivity contribution in [3.05, 3.63) is 0 Å². The molecule has 0 unspecified atom stereocenters. The zero-order chi connectivity index (χ0) is 12.4. The Kier molecular flexibility index (Phi) is 2.18. The molecule has 0 radical (unpaired) electrons. The molecule has 3 fully saturated rings. The number of carbonyl (C=O) groups is 2. The Morgan fingerprint density at radius 2 is 1.94 bits per heavy atom. The van der Waals surface area contributed by atoms with Crippen molar-refractivity contribution in [2.45, 2.75) is 32.7 Å². The molecule has 3 aliphatic rings. The summed E-state index contributed by atoms with van der Waals surface area (Å²) in [6.07, 6.45) is 2.34. The van der Waals surface area contributed by atoms with Crippen LogP contribution < -0.4 is 0 Å². The van der Waals surface area contributed by atoms with Gasteiger partial charge in [0.25, 0.3) is 0 Å². The predicted octanol–water partition coefficient (Wildman–Crippen LogP) is 0.722. The van der Waals surface area contributed by atoms with Gasteiger partial charge in [0.2, 0.25) is 11.8 Å². The summed E-state index contributed by atoms with van der Waals surface area (Å²) in [5.41, 5.74) is 0.152. The molecule has 3 rings (SSSR count). The smallest absolute Gasteiger partial charge is 0.234 e. The lowest BCUT2D eigenvalue weighted by atomic mass is 9.71. The molecule has 0 spiro atoms. The van der Waals surface area contributed by atoms with Gasteiger partial charge in [-0.15, -0.1) is 0 Å². The molecule has 3 aliphatic heterocycles. The molecular formula is C13H20N2O2. The van der Waals surface area contributed by atoms with Crippen LogP contribution in [-0.4, -0.2) is 47.8 Å². The molecule has 3 heterocycles. The van der Waals surface area contributed by atoms with Crippen LogP contribution in [0.2, 0.25) is 0 Å². The molecule has 3 saturated heterocycles. The van der Waals surface area contributed by atoms with Gasteiger partial charge in [-0.05, 0) is 24.8 Å². The Labute approximate surface area is 102 Å². The first-order valence-electron chi connectivity index (χ1n) is 6.49. The number of likely N-dealkylation sites (tertiary alicyclic amines) is 1. The van der Waals surface area contributed by atoms with E-state index < -0.39 is 0 Å². The van der Waals surface area contributed by atoms with Gasteiger partial charge in [0, 0.05) is 19.6 Å². The lowest BCUT2D eigenvalue weighted by Crippen LogP contribution is -2.51. The Hall–Kier alpha value is -0.900. The number of piperidine rings is 1. The van der Waals surface area contributed by atoms with E-state index in [9.17, 15) is 9.59 Å². The minimum Gasteiger partial charge on any atom is -0.298 e. The lowest BCUT2D eigenvalue weighted by molar-refractivity contribution is -0.140. The third-order valence-electron chi connectivity index (χ3n) is 4.93. The largest absolute Gasteiger partial charge is 0.298 e. The van der Waals surface area contributed by atoms with Gasteiger partial charge in [-0.25, -0.2) is 0 Å². The van der Waals surface area contributed by atoms with Crippen LogP contribution in [0.4, 0.5) is 0 Å². The summed E-state index contributed by atoms with van der Waals surface area (Å²) < 4.78 is 0. The summed E-state index contributed by atoms with van der Waals surface area (Å²) in [5, 5.41) is 0. The van der Waals surface area contributed by atoms with Crippen molar-refractivity contribution in [2.75, 3.05) is 20.1 Å². The van der Waals surface area contributed by atoms with Crippen LogP contribution in [0.15, 0.2) is 0 Å². The molecule has 94 valence electrons. The summed E-state index contributed by atoms with van der Waals surface area (Å²) in [6, 6.07) is 0.266. The first kappa shape index (κ1) is 11.2. The van der Waals surface area contributed by atoms with E-state index in [2.05, 4.69) is 18.7 Å². The fourth-order valence-electron chi connectivity index (χ4n) is 4.14. The Morgan fingerprint density at radius 3 is 2.65 bits per heavy atom. The normalized spacial score (nSPS) is 40.6. The number of imide groups is 1.